The van der Waals surface area contributed by atoms with Crippen LogP contribution in [0.15, 0.2) is 24.7 Å². The summed E-state index contributed by atoms with van der Waals surface area (Å²) >= 11 is 0. The predicted molar refractivity (Wildman–Crippen MR) is 63.5 cm³/mol. The molecule has 88 valence electrons. The number of hydrogen-bond acceptors (Lipinski definition) is 6. The van der Waals surface area contributed by atoms with Crippen LogP contribution in [0.3, 0.4) is 0 Å². The van der Waals surface area contributed by atoms with Gasteiger partial charge in [0, 0.05) is 18.4 Å². The van der Waals surface area contributed by atoms with Crippen LogP contribution in [-0.4, -0.2) is 31.1 Å². The summed E-state index contributed by atoms with van der Waals surface area (Å²) in [6.45, 7) is 3.92. The fourth-order valence-corrected chi connectivity index (χ4v) is 1.28. The van der Waals surface area contributed by atoms with E-state index in [1.165, 1.54) is 6.20 Å². The molecule has 0 fully saturated rings. The standard InChI is InChI=1S/C11H13N5O/c1-7(2)15-9-8(17)6-14-11(16-9)10-12-4-3-5-13-10/h3-7,17H,1-2H3,(H,14,15,16). The maximum Gasteiger partial charge on any atom is 0.199 e. The van der Waals surface area contributed by atoms with E-state index in [2.05, 4.69) is 25.3 Å². The van der Waals surface area contributed by atoms with Crippen LogP contribution in [0, 0.1) is 0 Å². The molecule has 0 spiro atoms. The van der Waals surface area contributed by atoms with E-state index in [9.17, 15) is 5.11 Å². The molecule has 0 atom stereocenters. The molecule has 6 nitrogen and oxygen atoms in total. The highest BCUT2D eigenvalue weighted by molar-refractivity contribution is 5.54. The molecule has 2 rings (SSSR count). The number of aromatic hydroxyl groups is 1. The van der Waals surface area contributed by atoms with Gasteiger partial charge in [-0.2, -0.15) is 0 Å². The SMILES string of the molecule is CC(C)Nc1nc(-c2ncccn2)ncc1O. The third-order valence-electron chi connectivity index (χ3n) is 1.96. The molecule has 2 heterocycles. The summed E-state index contributed by atoms with van der Waals surface area (Å²) in [5.41, 5.74) is 0. The van der Waals surface area contributed by atoms with Crippen LogP contribution in [0.4, 0.5) is 5.82 Å². The lowest BCUT2D eigenvalue weighted by atomic mass is 10.4. The van der Waals surface area contributed by atoms with Gasteiger partial charge in [-0.3, -0.25) is 0 Å². The van der Waals surface area contributed by atoms with Crippen molar-refractivity contribution >= 4 is 5.82 Å². The highest BCUT2D eigenvalue weighted by Gasteiger charge is 2.10. The summed E-state index contributed by atoms with van der Waals surface area (Å²) in [6, 6.07) is 1.89. The molecular formula is C11H13N5O. The number of rotatable bonds is 3. The van der Waals surface area contributed by atoms with Gasteiger partial charge in [0.05, 0.1) is 6.20 Å². The lowest BCUT2D eigenvalue weighted by molar-refractivity contribution is 0.471. The Bertz CT molecular complexity index is 500. The Morgan fingerprint density at radius 2 is 1.82 bits per heavy atom. The van der Waals surface area contributed by atoms with Crippen molar-refractivity contribution in [3.63, 3.8) is 0 Å². The van der Waals surface area contributed by atoms with Gasteiger partial charge in [0.15, 0.2) is 23.2 Å². The third-order valence-corrected chi connectivity index (χ3v) is 1.96. The molecule has 17 heavy (non-hydrogen) atoms. The molecule has 0 aliphatic heterocycles. The first kappa shape index (κ1) is 11.3. The van der Waals surface area contributed by atoms with Crippen LogP contribution >= 0.6 is 0 Å². The van der Waals surface area contributed by atoms with E-state index in [0.717, 1.165) is 0 Å². The van der Waals surface area contributed by atoms with Crippen molar-refractivity contribution < 1.29 is 5.11 Å². The fourth-order valence-electron chi connectivity index (χ4n) is 1.28. The monoisotopic (exact) mass is 231 g/mol. The smallest absolute Gasteiger partial charge is 0.199 e. The van der Waals surface area contributed by atoms with Gasteiger partial charge in [-0.15, -0.1) is 0 Å². The Hall–Kier alpha value is -2.24. The van der Waals surface area contributed by atoms with Crippen LogP contribution in [-0.2, 0) is 0 Å². The van der Waals surface area contributed by atoms with Crippen LogP contribution < -0.4 is 5.32 Å². The maximum absolute atomic E-state index is 9.60. The highest BCUT2D eigenvalue weighted by atomic mass is 16.3. The molecule has 0 radical (unpaired) electrons. The first-order chi connectivity index (χ1) is 8.16. The second kappa shape index (κ2) is 4.73. The van der Waals surface area contributed by atoms with Gasteiger partial charge in [0.1, 0.15) is 0 Å². The Balaban J connectivity index is 2.37. The second-order valence-electron chi connectivity index (χ2n) is 3.80. The Morgan fingerprint density at radius 1 is 1.12 bits per heavy atom. The molecule has 0 aliphatic rings. The maximum atomic E-state index is 9.60. The van der Waals surface area contributed by atoms with Gasteiger partial charge < -0.3 is 10.4 Å². The third kappa shape index (κ3) is 2.66. The van der Waals surface area contributed by atoms with Crippen LogP contribution in [0.2, 0.25) is 0 Å². The lowest BCUT2D eigenvalue weighted by Gasteiger charge is -2.10. The fraction of sp³-hybridized carbons (Fsp3) is 0.273. The van der Waals surface area contributed by atoms with Gasteiger partial charge in [-0.05, 0) is 19.9 Å². The average molecular weight is 231 g/mol. The summed E-state index contributed by atoms with van der Waals surface area (Å²) in [6.07, 6.45) is 4.58. The largest absolute Gasteiger partial charge is 0.503 e. The van der Waals surface area contributed by atoms with E-state index in [1.807, 2.05) is 13.8 Å². The number of nitrogens with zero attached hydrogens (tertiary/aromatic N) is 4. The first-order valence-corrected chi connectivity index (χ1v) is 5.26. The van der Waals surface area contributed by atoms with Gasteiger partial charge in [-0.25, -0.2) is 19.9 Å². The van der Waals surface area contributed by atoms with E-state index >= 15 is 0 Å². The Kier molecular flexibility index (Phi) is 3.13. The van der Waals surface area contributed by atoms with Crippen molar-refractivity contribution in [2.75, 3.05) is 5.32 Å². The minimum atomic E-state index is 0.0124. The van der Waals surface area contributed by atoms with Crippen LogP contribution in [0.25, 0.3) is 11.6 Å². The summed E-state index contributed by atoms with van der Waals surface area (Å²) in [4.78, 5) is 16.3. The molecule has 2 aromatic rings. The molecule has 0 unspecified atom stereocenters. The average Bonchev–Trinajstić information content (AvgIpc) is 2.32. The van der Waals surface area contributed by atoms with E-state index < -0.39 is 0 Å². The molecule has 6 heteroatoms. The molecule has 2 N–H and O–H groups in total. The normalized spacial score (nSPS) is 10.5. The summed E-state index contributed by atoms with van der Waals surface area (Å²) in [7, 11) is 0. The molecular weight excluding hydrogens is 218 g/mol. The van der Waals surface area contributed by atoms with Crippen molar-refractivity contribution in [2.45, 2.75) is 19.9 Å². The minimum absolute atomic E-state index is 0.0124. The van der Waals surface area contributed by atoms with Crippen molar-refractivity contribution in [2.24, 2.45) is 0 Å². The van der Waals surface area contributed by atoms with Crippen LogP contribution in [0.1, 0.15) is 13.8 Å². The van der Waals surface area contributed by atoms with E-state index in [-0.39, 0.29) is 11.8 Å². The zero-order chi connectivity index (χ0) is 12.3. The number of aromatic nitrogens is 4. The van der Waals surface area contributed by atoms with Crippen molar-refractivity contribution in [1.82, 2.24) is 19.9 Å². The summed E-state index contributed by atoms with van der Waals surface area (Å²) in [5.74, 6) is 1.21. The zero-order valence-corrected chi connectivity index (χ0v) is 9.62. The molecule has 2 aromatic heterocycles. The topological polar surface area (TPSA) is 83.8 Å². The van der Waals surface area contributed by atoms with Crippen molar-refractivity contribution in [3.8, 4) is 17.4 Å². The molecule has 0 amide bonds. The Morgan fingerprint density at radius 3 is 2.47 bits per heavy atom. The van der Waals surface area contributed by atoms with Gasteiger partial charge in [-0.1, -0.05) is 0 Å². The molecule has 0 aromatic carbocycles. The highest BCUT2D eigenvalue weighted by Crippen LogP contribution is 2.22. The molecule has 0 saturated heterocycles. The van der Waals surface area contributed by atoms with Gasteiger partial charge in [0.2, 0.25) is 0 Å². The van der Waals surface area contributed by atoms with Crippen molar-refractivity contribution in [1.29, 1.82) is 0 Å². The number of anilines is 1. The molecule has 0 aliphatic carbocycles. The van der Waals surface area contributed by atoms with Crippen LogP contribution in [0.5, 0.6) is 5.75 Å². The van der Waals surface area contributed by atoms with Gasteiger partial charge >= 0.3 is 0 Å². The molecule has 0 bridgehead atoms. The Labute approximate surface area is 98.8 Å². The lowest BCUT2D eigenvalue weighted by Crippen LogP contribution is -2.12. The first-order valence-electron chi connectivity index (χ1n) is 5.26. The zero-order valence-electron chi connectivity index (χ0n) is 9.62. The van der Waals surface area contributed by atoms with Gasteiger partial charge in [0.25, 0.3) is 0 Å². The predicted octanol–water partition coefficient (Wildman–Crippen LogP) is 1.46. The summed E-state index contributed by atoms with van der Waals surface area (Å²) < 4.78 is 0. The molecule has 0 saturated carbocycles. The van der Waals surface area contributed by atoms with E-state index in [1.54, 1.807) is 18.5 Å². The second-order valence-corrected chi connectivity index (χ2v) is 3.80. The van der Waals surface area contributed by atoms with Crippen molar-refractivity contribution in [3.05, 3.63) is 24.7 Å². The minimum Gasteiger partial charge on any atom is -0.503 e. The van der Waals surface area contributed by atoms with E-state index in [4.69, 9.17) is 0 Å². The number of nitrogens with one attached hydrogen (secondary N) is 1. The number of hydrogen-bond donors (Lipinski definition) is 2. The van der Waals surface area contributed by atoms with E-state index in [0.29, 0.717) is 17.5 Å². The summed E-state index contributed by atoms with van der Waals surface area (Å²) in [5, 5.41) is 12.6. The quantitative estimate of drug-likeness (QED) is 0.832.